The number of pyridine rings is 1. The van der Waals surface area contributed by atoms with Gasteiger partial charge in [0.05, 0.1) is 8.07 Å². The predicted octanol–water partition coefficient (Wildman–Crippen LogP) is 2.39. The van der Waals surface area contributed by atoms with Gasteiger partial charge in [0.1, 0.15) is 0 Å². The molecule has 0 saturated heterocycles. The molecule has 11 heavy (non-hydrogen) atoms. The Kier molecular flexibility index (Phi) is 2.49. The van der Waals surface area contributed by atoms with Crippen molar-refractivity contribution in [1.82, 2.24) is 4.98 Å². The smallest absolute Gasteiger partial charge is 0.0792 e. The average molecular weight is 230 g/mol. The quantitative estimate of drug-likeness (QED) is 0.675. The molecule has 0 spiro atoms. The second-order valence-corrected chi connectivity index (χ2v) is 9.50. The Morgan fingerprint density at radius 3 is 2.36 bits per heavy atom. The molecule has 0 bridgehead atoms. The first-order chi connectivity index (χ1) is 5.02. The molecule has 0 aromatic carbocycles. The third-order valence-corrected chi connectivity index (χ3v) is 4.63. The van der Waals surface area contributed by atoms with Crippen molar-refractivity contribution in [2.45, 2.75) is 19.6 Å². The fourth-order valence-electron chi connectivity index (χ4n) is 0.983. The van der Waals surface area contributed by atoms with E-state index in [1.54, 1.807) is 0 Å². The molecule has 1 heterocycles. The van der Waals surface area contributed by atoms with Crippen LogP contribution >= 0.6 is 15.9 Å². The Hall–Kier alpha value is -0.153. The lowest BCUT2D eigenvalue weighted by Crippen LogP contribution is -2.38. The van der Waals surface area contributed by atoms with Crippen LogP contribution in [-0.4, -0.2) is 13.1 Å². The van der Waals surface area contributed by atoms with E-state index in [-0.39, 0.29) is 0 Å². The molecule has 60 valence electrons. The van der Waals surface area contributed by atoms with E-state index >= 15 is 0 Å². The minimum absolute atomic E-state index is 1.15. The largest absolute Gasteiger partial charge is 0.264 e. The van der Waals surface area contributed by atoms with Crippen molar-refractivity contribution in [3.63, 3.8) is 0 Å². The van der Waals surface area contributed by atoms with Gasteiger partial charge < -0.3 is 0 Å². The van der Waals surface area contributed by atoms with Gasteiger partial charge in [-0.25, -0.2) is 0 Å². The molecular weight excluding hydrogens is 218 g/mol. The minimum atomic E-state index is -1.16. The molecule has 0 aliphatic carbocycles. The van der Waals surface area contributed by atoms with Gasteiger partial charge in [-0.2, -0.15) is 0 Å². The van der Waals surface area contributed by atoms with Gasteiger partial charge in [-0.15, -0.1) is 0 Å². The highest BCUT2D eigenvalue weighted by molar-refractivity contribution is 9.10. The normalized spacial score (nSPS) is 11.6. The van der Waals surface area contributed by atoms with Crippen LogP contribution in [0.15, 0.2) is 22.9 Å². The summed E-state index contributed by atoms with van der Waals surface area (Å²) >= 11 is 3.50. The molecule has 3 heteroatoms. The number of hydrogen-bond acceptors (Lipinski definition) is 1. The Labute approximate surface area is 77.0 Å². The zero-order chi connectivity index (χ0) is 8.48. The lowest BCUT2D eigenvalue weighted by atomic mass is 10.5. The van der Waals surface area contributed by atoms with E-state index in [0.29, 0.717) is 0 Å². The van der Waals surface area contributed by atoms with Gasteiger partial charge in [-0.05, 0) is 27.2 Å². The summed E-state index contributed by atoms with van der Waals surface area (Å²) in [4.78, 5) is 4.03. The summed E-state index contributed by atoms with van der Waals surface area (Å²) in [6.07, 6.45) is 3.73. The first-order valence-electron chi connectivity index (χ1n) is 3.62. The van der Waals surface area contributed by atoms with E-state index < -0.39 is 8.07 Å². The molecule has 0 atom stereocenters. The summed E-state index contributed by atoms with van der Waals surface area (Å²) in [6, 6.07) is 2.11. The monoisotopic (exact) mass is 229 g/mol. The van der Waals surface area contributed by atoms with Gasteiger partial charge in [0.25, 0.3) is 0 Å². The highest BCUT2D eigenvalue weighted by atomic mass is 79.9. The van der Waals surface area contributed by atoms with Gasteiger partial charge in [0, 0.05) is 16.9 Å². The lowest BCUT2D eigenvalue weighted by Gasteiger charge is -2.17. The van der Waals surface area contributed by atoms with Gasteiger partial charge in [-0.3, -0.25) is 4.98 Å². The van der Waals surface area contributed by atoms with E-state index in [2.05, 4.69) is 46.6 Å². The van der Waals surface area contributed by atoms with Crippen molar-refractivity contribution >= 4 is 29.2 Å². The maximum Gasteiger partial charge on any atom is 0.0792 e. The zero-order valence-corrected chi connectivity index (χ0v) is 9.64. The summed E-state index contributed by atoms with van der Waals surface area (Å²) in [5.74, 6) is 0. The Balaban J connectivity index is 3.14. The molecule has 1 aromatic heterocycles. The average Bonchev–Trinajstić information content (AvgIpc) is 1.86. The topological polar surface area (TPSA) is 12.9 Å². The van der Waals surface area contributed by atoms with Crippen molar-refractivity contribution in [1.29, 1.82) is 0 Å². The Bertz CT molecular complexity index is 255. The van der Waals surface area contributed by atoms with Gasteiger partial charge in [0.2, 0.25) is 0 Å². The molecule has 0 aliphatic rings. The number of nitrogens with zero attached hydrogens (tertiary/aromatic N) is 1. The SMILES string of the molecule is C[Si](C)(C)c1ccncc1Br. The van der Waals surface area contributed by atoms with Crippen LogP contribution in [0.3, 0.4) is 0 Å². The predicted molar refractivity (Wildman–Crippen MR) is 54.9 cm³/mol. The summed E-state index contributed by atoms with van der Waals surface area (Å²) in [7, 11) is -1.16. The zero-order valence-electron chi connectivity index (χ0n) is 7.06. The maximum atomic E-state index is 4.03. The highest BCUT2D eigenvalue weighted by Crippen LogP contribution is 2.10. The number of rotatable bonds is 1. The van der Waals surface area contributed by atoms with Gasteiger partial charge in [0.15, 0.2) is 0 Å². The summed E-state index contributed by atoms with van der Waals surface area (Å²) < 4.78 is 1.15. The van der Waals surface area contributed by atoms with Gasteiger partial charge >= 0.3 is 0 Å². The number of halogens is 1. The van der Waals surface area contributed by atoms with E-state index in [9.17, 15) is 0 Å². The standard InChI is InChI=1S/C8H12BrNSi/c1-11(2,3)8-4-5-10-6-7(8)9/h4-6H,1-3H3. The van der Waals surface area contributed by atoms with E-state index in [1.165, 1.54) is 5.19 Å². The molecule has 0 radical (unpaired) electrons. The first kappa shape index (κ1) is 8.94. The van der Waals surface area contributed by atoms with E-state index in [4.69, 9.17) is 0 Å². The van der Waals surface area contributed by atoms with Crippen molar-refractivity contribution < 1.29 is 0 Å². The molecule has 0 unspecified atom stereocenters. The molecule has 0 amide bonds. The van der Waals surface area contributed by atoms with Crippen LogP contribution in [0.2, 0.25) is 19.6 Å². The molecule has 0 N–H and O–H groups in total. The van der Waals surface area contributed by atoms with Crippen LogP contribution in [-0.2, 0) is 0 Å². The third-order valence-electron chi connectivity index (χ3n) is 1.58. The van der Waals surface area contributed by atoms with Crippen LogP contribution in [0.1, 0.15) is 0 Å². The highest BCUT2D eigenvalue weighted by Gasteiger charge is 2.18. The van der Waals surface area contributed by atoms with Crippen molar-refractivity contribution in [2.24, 2.45) is 0 Å². The molecule has 1 nitrogen and oxygen atoms in total. The minimum Gasteiger partial charge on any atom is -0.264 e. The molecular formula is C8H12BrNSi. The maximum absolute atomic E-state index is 4.03. The molecule has 1 rings (SSSR count). The molecule has 0 fully saturated rings. The molecule has 1 aromatic rings. The van der Waals surface area contributed by atoms with E-state index in [1.807, 2.05) is 12.4 Å². The summed E-state index contributed by atoms with van der Waals surface area (Å²) in [6.45, 7) is 6.98. The Morgan fingerprint density at radius 2 is 2.00 bits per heavy atom. The van der Waals surface area contributed by atoms with Crippen LogP contribution < -0.4 is 5.19 Å². The molecule has 0 aliphatic heterocycles. The second kappa shape index (κ2) is 3.07. The fourth-order valence-corrected chi connectivity index (χ4v) is 4.37. The van der Waals surface area contributed by atoms with Crippen molar-refractivity contribution in [3.05, 3.63) is 22.9 Å². The van der Waals surface area contributed by atoms with Crippen molar-refractivity contribution in [2.75, 3.05) is 0 Å². The number of hydrogen-bond donors (Lipinski definition) is 0. The Morgan fingerprint density at radius 1 is 1.36 bits per heavy atom. The first-order valence-corrected chi connectivity index (χ1v) is 7.91. The number of aromatic nitrogens is 1. The van der Waals surface area contributed by atoms with Crippen LogP contribution in [0.4, 0.5) is 0 Å². The van der Waals surface area contributed by atoms with Crippen LogP contribution in [0, 0.1) is 0 Å². The summed E-state index contributed by atoms with van der Waals surface area (Å²) in [5.41, 5.74) is 0. The third kappa shape index (κ3) is 2.14. The van der Waals surface area contributed by atoms with Crippen LogP contribution in [0.25, 0.3) is 0 Å². The fraction of sp³-hybridized carbons (Fsp3) is 0.375. The second-order valence-electron chi connectivity index (χ2n) is 3.61. The summed E-state index contributed by atoms with van der Waals surface area (Å²) in [5, 5.41) is 1.44. The van der Waals surface area contributed by atoms with Crippen LogP contribution in [0.5, 0.6) is 0 Å². The lowest BCUT2D eigenvalue weighted by molar-refractivity contribution is 1.32. The molecule has 0 saturated carbocycles. The van der Waals surface area contributed by atoms with Crippen molar-refractivity contribution in [3.8, 4) is 0 Å². The van der Waals surface area contributed by atoms with Gasteiger partial charge in [-0.1, -0.05) is 19.6 Å². The van der Waals surface area contributed by atoms with E-state index in [0.717, 1.165) is 4.47 Å².